The molecule has 0 spiro atoms. The summed E-state index contributed by atoms with van der Waals surface area (Å²) in [6.45, 7) is 0.702. The first-order chi connectivity index (χ1) is 10.6. The second-order valence-corrected chi connectivity index (χ2v) is 4.53. The molecule has 0 saturated heterocycles. The Morgan fingerprint density at radius 2 is 2.00 bits per heavy atom. The van der Waals surface area contributed by atoms with E-state index in [0.717, 1.165) is 0 Å². The van der Waals surface area contributed by atoms with Crippen LogP contribution in [-0.4, -0.2) is 45.4 Å². The van der Waals surface area contributed by atoms with Gasteiger partial charge >= 0.3 is 0 Å². The van der Waals surface area contributed by atoms with Crippen LogP contribution >= 0.6 is 0 Å². The molecule has 118 valence electrons. The van der Waals surface area contributed by atoms with Crippen molar-refractivity contribution in [3.05, 3.63) is 34.1 Å². The van der Waals surface area contributed by atoms with Gasteiger partial charge in [-0.2, -0.15) is 0 Å². The number of methoxy groups -OCH3 is 3. The van der Waals surface area contributed by atoms with E-state index in [0.29, 0.717) is 35.6 Å². The highest BCUT2D eigenvalue weighted by Crippen LogP contribution is 2.27. The molecule has 2 aromatic rings. The van der Waals surface area contributed by atoms with Crippen LogP contribution in [0.25, 0.3) is 10.9 Å². The lowest BCUT2D eigenvalue weighted by molar-refractivity contribution is 0.0936. The Balaban J connectivity index is 2.49. The Hall–Kier alpha value is -2.54. The minimum Gasteiger partial charge on any atom is -0.497 e. The van der Waals surface area contributed by atoms with Gasteiger partial charge in [0.15, 0.2) is 0 Å². The van der Waals surface area contributed by atoms with Gasteiger partial charge in [-0.1, -0.05) is 0 Å². The number of amides is 1. The Morgan fingerprint density at radius 3 is 2.64 bits per heavy atom. The molecule has 0 radical (unpaired) electrons. The maximum Gasteiger partial charge on any atom is 0.256 e. The van der Waals surface area contributed by atoms with E-state index < -0.39 is 5.91 Å². The van der Waals surface area contributed by atoms with Crippen LogP contribution in [0.3, 0.4) is 0 Å². The van der Waals surface area contributed by atoms with Crippen molar-refractivity contribution in [2.75, 3.05) is 34.5 Å². The minimum absolute atomic E-state index is 0.0268. The fourth-order valence-corrected chi connectivity index (χ4v) is 2.08. The van der Waals surface area contributed by atoms with Gasteiger partial charge in [0.05, 0.1) is 31.7 Å². The Bertz CT molecular complexity index is 739. The molecule has 2 N–H and O–H groups in total. The second kappa shape index (κ2) is 6.95. The quantitative estimate of drug-likeness (QED) is 0.775. The lowest BCUT2D eigenvalue weighted by Crippen LogP contribution is -2.31. The highest BCUT2D eigenvalue weighted by atomic mass is 16.5. The van der Waals surface area contributed by atoms with Crippen LogP contribution in [0.1, 0.15) is 10.4 Å². The summed E-state index contributed by atoms with van der Waals surface area (Å²) < 4.78 is 15.2. The zero-order valence-electron chi connectivity index (χ0n) is 12.7. The molecule has 0 aliphatic heterocycles. The lowest BCUT2D eigenvalue weighted by Gasteiger charge is -2.10. The number of carbonyl (C=O) groups excluding carboxylic acids is 1. The van der Waals surface area contributed by atoms with Crippen molar-refractivity contribution in [3.63, 3.8) is 0 Å². The summed E-state index contributed by atoms with van der Waals surface area (Å²) in [5.74, 6) is 0.492. The summed E-state index contributed by atoms with van der Waals surface area (Å²) in [4.78, 5) is 27.5. The SMILES string of the molecule is COCCNC(=O)c1c[nH]c2c(OC)cc(OC)cc2c1=O. The molecule has 0 aliphatic rings. The van der Waals surface area contributed by atoms with E-state index in [-0.39, 0.29) is 11.0 Å². The number of carbonyl (C=O) groups is 1. The lowest BCUT2D eigenvalue weighted by atomic mass is 10.1. The summed E-state index contributed by atoms with van der Waals surface area (Å²) in [6, 6.07) is 3.24. The number of aromatic amines is 1. The predicted octanol–water partition coefficient (Wildman–Crippen LogP) is 0.921. The van der Waals surface area contributed by atoms with Gasteiger partial charge in [0.1, 0.15) is 17.1 Å². The smallest absolute Gasteiger partial charge is 0.256 e. The van der Waals surface area contributed by atoms with Crippen LogP contribution in [0.15, 0.2) is 23.1 Å². The molecule has 22 heavy (non-hydrogen) atoms. The van der Waals surface area contributed by atoms with Crippen molar-refractivity contribution < 1.29 is 19.0 Å². The summed E-state index contributed by atoms with van der Waals surface area (Å²) >= 11 is 0. The third-order valence-electron chi connectivity index (χ3n) is 3.22. The number of H-pyrrole nitrogens is 1. The van der Waals surface area contributed by atoms with E-state index in [1.807, 2.05) is 0 Å². The number of pyridine rings is 1. The van der Waals surface area contributed by atoms with Crippen molar-refractivity contribution in [2.45, 2.75) is 0 Å². The number of rotatable bonds is 6. The zero-order valence-corrected chi connectivity index (χ0v) is 12.7. The number of ether oxygens (including phenoxy) is 3. The average Bonchev–Trinajstić information content (AvgIpc) is 2.54. The normalized spacial score (nSPS) is 10.5. The molecule has 1 aromatic carbocycles. The molecular formula is C15H18N2O5. The summed E-state index contributed by atoms with van der Waals surface area (Å²) in [7, 11) is 4.53. The van der Waals surface area contributed by atoms with Crippen LogP contribution in [0.4, 0.5) is 0 Å². The number of fused-ring (bicyclic) bond motifs is 1. The number of hydrogen-bond donors (Lipinski definition) is 2. The molecule has 1 amide bonds. The third kappa shape index (κ3) is 3.04. The van der Waals surface area contributed by atoms with Crippen molar-refractivity contribution in [3.8, 4) is 11.5 Å². The molecular weight excluding hydrogens is 288 g/mol. The number of nitrogens with one attached hydrogen (secondary N) is 2. The summed E-state index contributed by atoms with van der Waals surface area (Å²) in [5, 5.41) is 2.95. The first-order valence-corrected chi connectivity index (χ1v) is 6.67. The van der Waals surface area contributed by atoms with Gasteiger partial charge in [-0.05, 0) is 6.07 Å². The molecule has 7 heteroatoms. The molecule has 7 nitrogen and oxygen atoms in total. The van der Waals surface area contributed by atoms with Crippen LogP contribution in [-0.2, 0) is 4.74 Å². The Morgan fingerprint density at radius 1 is 1.23 bits per heavy atom. The van der Waals surface area contributed by atoms with Crippen molar-refractivity contribution in [1.82, 2.24) is 10.3 Å². The van der Waals surface area contributed by atoms with Gasteiger partial charge in [-0.25, -0.2) is 0 Å². The van der Waals surface area contributed by atoms with Crippen molar-refractivity contribution >= 4 is 16.8 Å². The molecule has 0 fully saturated rings. The third-order valence-corrected chi connectivity index (χ3v) is 3.22. The molecule has 1 heterocycles. The van der Waals surface area contributed by atoms with Gasteiger partial charge in [-0.3, -0.25) is 9.59 Å². The molecule has 0 saturated carbocycles. The Labute approximate surface area is 127 Å². The standard InChI is InChI=1S/C15H18N2O5/c1-20-5-4-16-15(19)11-8-17-13-10(14(11)18)6-9(21-2)7-12(13)22-3/h6-8H,4-5H2,1-3H3,(H,16,19)(H,17,18). The zero-order chi connectivity index (χ0) is 16.1. The molecule has 2 rings (SSSR count). The van der Waals surface area contributed by atoms with Crippen molar-refractivity contribution in [1.29, 1.82) is 0 Å². The van der Waals surface area contributed by atoms with E-state index in [1.54, 1.807) is 12.1 Å². The van der Waals surface area contributed by atoms with Gasteiger partial charge in [0.25, 0.3) is 5.91 Å². The first kappa shape index (κ1) is 15.8. The highest BCUT2D eigenvalue weighted by Gasteiger charge is 2.15. The number of hydrogen-bond acceptors (Lipinski definition) is 5. The van der Waals surface area contributed by atoms with Crippen LogP contribution in [0, 0.1) is 0 Å². The highest BCUT2D eigenvalue weighted by molar-refractivity contribution is 5.98. The van der Waals surface area contributed by atoms with Crippen LogP contribution in [0.2, 0.25) is 0 Å². The molecule has 0 bridgehead atoms. The fraction of sp³-hybridized carbons (Fsp3) is 0.333. The first-order valence-electron chi connectivity index (χ1n) is 6.67. The van der Waals surface area contributed by atoms with E-state index in [1.165, 1.54) is 27.5 Å². The maximum absolute atomic E-state index is 12.5. The van der Waals surface area contributed by atoms with Crippen LogP contribution < -0.4 is 20.2 Å². The van der Waals surface area contributed by atoms with E-state index in [4.69, 9.17) is 14.2 Å². The van der Waals surface area contributed by atoms with Gasteiger partial charge in [-0.15, -0.1) is 0 Å². The fourth-order valence-electron chi connectivity index (χ4n) is 2.08. The average molecular weight is 306 g/mol. The topological polar surface area (TPSA) is 89.7 Å². The largest absolute Gasteiger partial charge is 0.497 e. The second-order valence-electron chi connectivity index (χ2n) is 4.53. The van der Waals surface area contributed by atoms with Crippen molar-refractivity contribution in [2.24, 2.45) is 0 Å². The molecule has 1 aromatic heterocycles. The monoisotopic (exact) mass is 306 g/mol. The van der Waals surface area contributed by atoms with Crippen LogP contribution in [0.5, 0.6) is 11.5 Å². The number of benzene rings is 1. The van der Waals surface area contributed by atoms with E-state index >= 15 is 0 Å². The minimum atomic E-state index is -0.456. The predicted molar refractivity (Wildman–Crippen MR) is 81.9 cm³/mol. The summed E-state index contributed by atoms with van der Waals surface area (Å²) in [5.41, 5.74) is 0.154. The molecule has 0 unspecified atom stereocenters. The maximum atomic E-state index is 12.5. The van der Waals surface area contributed by atoms with Gasteiger partial charge in [0.2, 0.25) is 5.43 Å². The number of aromatic nitrogens is 1. The Kier molecular flexibility index (Phi) is 5.00. The van der Waals surface area contributed by atoms with Gasteiger partial charge < -0.3 is 24.5 Å². The summed E-state index contributed by atoms with van der Waals surface area (Å²) in [6.07, 6.45) is 1.38. The van der Waals surface area contributed by atoms with E-state index in [9.17, 15) is 9.59 Å². The van der Waals surface area contributed by atoms with E-state index in [2.05, 4.69) is 10.3 Å². The molecule has 0 atom stereocenters. The van der Waals surface area contributed by atoms with Gasteiger partial charge in [0, 0.05) is 25.9 Å². The molecule has 0 aliphatic carbocycles.